The standard InChI is InChI=1S/C10H23NO2S/c1-9(2)4-5-13-6-7-14(12)10(3)8-11/h9-10H,4-8,11H2,1-3H3. The summed E-state index contributed by atoms with van der Waals surface area (Å²) < 4.78 is 16.8. The smallest absolute Gasteiger partial charge is 0.0581 e. The molecule has 2 atom stereocenters. The lowest BCUT2D eigenvalue weighted by Crippen LogP contribution is -2.25. The molecule has 0 saturated heterocycles. The molecule has 14 heavy (non-hydrogen) atoms. The number of rotatable bonds is 8. The Balaban J connectivity index is 3.32. The van der Waals surface area contributed by atoms with E-state index in [4.69, 9.17) is 10.5 Å². The lowest BCUT2D eigenvalue weighted by Gasteiger charge is -2.09. The van der Waals surface area contributed by atoms with Crippen LogP contribution in [0.3, 0.4) is 0 Å². The second-order valence-corrected chi connectivity index (χ2v) is 5.90. The summed E-state index contributed by atoms with van der Waals surface area (Å²) in [4.78, 5) is 0. The van der Waals surface area contributed by atoms with E-state index in [1.807, 2.05) is 6.92 Å². The predicted molar refractivity (Wildman–Crippen MR) is 61.8 cm³/mol. The van der Waals surface area contributed by atoms with Gasteiger partial charge in [0, 0.05) is 35.0 Å². The fourth-order valence-corrected chi connectivity index (χ4v) is 1.77. The highest BCUT2D eigenvalue weighted by Crippen LogP contribution is 1.99. The zero-order valence-corrected chi connectivity index (χ0v) is 10.3. The zero-order chi connectivity index (χ0) is 11.0. The molecule has 0 spiro atoms. The largest absolute Gasteiger partial charge is 0.380 e. The molecule has 86 valence electrons. The molecule has 0 aromatic rings. The molecule has 0 fully saturated rings. The molecule has 0 bridgehead atoms. The lowest BCUT2D eigenvalue weighted by molar-refractivity contribution is 0.138. The van der Waals surface area contributed by atoms with Crippen LogP contribution < -0.4 is 5.73 Å². The van der Waals surface area contributed by atoms with E-state index in [0.717, 1.165) is 13.0 Å². The summed E-state index contributed by atoms with van der Waals surface area (Å²) in [5.74, 6) is 1.28. The number of hydrogen-bond donors (Lipinski definition) is 1. The highest BCUT2D eigenvalue weighted by atomic mass is 32.2. The molecule has 0 aliphatic rings. The van der Waals surface area contributed by atoms with Gasteiger partial charge in [0.25, 0.3) is 0 Å². The van der Waals surface area contributed by atoms with Crippen molar-refractivity contribution in [1.29, 1.82) is 0 Å². The van der Waals surface area contributed by atoms with Crippen molar-refractivity contribution in [1.82, 2.24) is 0 Å². The molecule has 0 aromatic carbocycles. The maximum atomic E-state index is 11.4. The summed E-state index contributed by atoms with van der Waals surface area (Å²) in [7, 11) is -0.829. The van der Waals surface area contributed by atoms with Crippen LogP contribution in [0, 0.1) is 5.92 Å². The van der Waals surface area contributed by atoms with E-state index in [1.54, 1.807) is 0 Å². The van der Waals surface area contributed by atoms with E-state index >= 15 is 0 Å². The molecule has 0 aliphatic carbocycles. The van der Waals surface area contributed by atoms with Crippen LogP contribution in [0.25, 0.3) is 0 Å². The molecule has 0 heterocycles. The van der Waals surface area contributed by atoms with Crippen LogP contribution in [0.1, 0.15) is 27.2 Å². The molecule has 0 amide bonds. The first-order chi connectivity index (χ1) is 6.57. The van der Waals surface area contributed by atoms with E-state index < -0.39 is 10.8 Å². The first-order valence-electron chi connectivity index (χ1n) is 5.23. The Hall–Kier alpha value is 0.0700. The van der Waals surface area contributed by atoms with Crippen LogP contribution in [0.2, 0.25) is 0 Å². The Morgan fingerprint density at radius 1 is 1.29 bits per heavy atom. The number of nitrogens with two attached hydrogens (primary N) is 1. The molecule has 0 radical (unpaired) electrons. The van der Waals surface area contributed by atoms with E-state index in [-0.39, 0.29) is 5.25 Å². The SMILES string of the molecule is CC(C)CCOCCS(=O)C(C)CN. The fraction of sp³-hybridized carbons (Fsp3) is 1.00. The minimum atomic E-state index is -0.829. The summed E-state index contributed by atoms with van der Waals surface area (Å²) >= 11 is 0. The second-order valence-electron chi connectivity index (χ2n) is 3.93. The van der Waals surface area contributed by atoms with Gasteiger partial charge in [-0.05, 0) is 19.3 Å². The lowest BCUT2D eigenvalue weighted by atomic mass is 10.1. The molecule has 3 nitrogen and oxygen atoms in total. The van der Waals surface area contributed by atoms with Crippen LogP contribution in [-0.4, -0.2) is 35.0 Å². The van der Waals surface area contributed by atoms with E-state index in [9.17, 15) is 4.21 Å². The Morgan fingerprint density at radius 3 is 2.43 bits per heavy atom. The predicted octanol–water partition coefficient (Wildman–Crippen LogP) is 1.14. The van der Waals surface area contributed by atoms with Gasteiger partial charge in [0.15, 0.2) is 0 Å². The van der Waals surface area contributed by atoms with Gasteiger partial charge in [0.2, 0.25) is 0 Å². The zero-order valence-electron chi connectivity index (χ0n) is 9.49. The van der Waals surface area contributed by atoms with Crippen molar-refractivity contribution in [3.63, 3.8) is 0 Å². The van der Waals surface area contributed by atoms with Crippen molar-refractivity contribution < 1.29 is 8.95 Å². The van der Waals surface area contributed by atoms with Crippen molar-refractivity contribution in [2.45, 2.75) is 32.4 Å². The van der Waals surface area contributed by atoms with Crippen LogP contribution in [0.15, 0.2) is 0 Å². The molecule has 0 aliphatic heterocycles. The monoisotopic (exact) mass is 221 g/mol. The Bertz CT molecular complexity index is 162. The molecular formula is C10H23NO2S. The number of hydrogen-bond acceptors (Lipinski definition) is 3. The highest BCUT2D eigenvalue weighted by Gasteiger charge is 2.07. The van der Waals surface area contributed by atoms with Gasteiger partial charge < -0.3 is 10.5 Å². The van der Waals surface area contributed by atoms with E-state index in [2.05, 4.69) is 13.8 Å². The summed E-state index contributed by atoms with van der Waals surface area (Å²) in [5, 5.41) is 0.0868. The Morgan fingerprint density at radius 2 is 1.93 bits per heavy atom. The molecule has 2 unspecified atom stereocenters. The Labute approximate surface area is 89.9 Å². The maximum absolute atomic E-state index is 11.4. The first kappa shape index (κ1) is 14.1. The van der Waals surface area contributed by atoms with Gasteiger partial charge in [-0.2, -0.15) is 0 Å². The van der Waals surface area contributed by atoms with Gasteiger partial charge in [-0.15, -0.1) is 0 Å². The second kappa shape index (κ2) is 8.38. The van der Waals surface area contributed by atoms with Crippen LogP contribution in [0.4, 0.5) is 0 Å². The van der Waals surface area contributed by atoms with Crippen molar-refractivity contribution in [2.24, 2.45) is 11.7 Å². The third-order valence-electron chi connectivity index (χ3n) is 2.05. The van der Waals surface area contributed by atoms with Crippen LogP contribution >= 0.6 is 0 Å². The van der Waals surface area contributed by atoms with Gasteiger partial charge in [-0.3, -0.25) is 4.21 Å². The van der Waals surface area contributed by atoms with E-state index in [1.165, 1.54) is 0 Å². The number of ether oxygens (including phenoxy) is 1. The third kappa shape index (κ3) is 7.47. The van der Waals surface area contributed by atoms with Crippen LogP contribution in [0.5, 0.6) is 0 Å². The minimum Gasteiger partial charge on any atom is -0.380 e. The first-order valence-corrected chi connectivity index (χ1v) is 6.61. The molecule has 0 rings (SSSR count). The fourth-order valence-electron chi connectivity index (χ4n) is 0.871. The summed E-state index contributed by atoms with van der Waals surface area (Å²) in [6.07, 6.45) is 1.07. The Kier molecular flexibility index (Phi) is 8.43. The van der Waals surface area contributed by atoms with E-state index in [0.29, 0.717) is 24.8 Å². The van der Waals surface area contributed by atoms with Crippen LogP contribution in [-0.2, 0) is 15.5 Å². The van der Waals surface area contributed by atoms with Gasteiger partial charge in [-0.1, -0.05) is 13.8 Å². The molecule has 0 saturated carbocycles. The van der Waals surface area contributed by atoms with Crippen molar-refractivity contribution in [3.05, 3.63) is 0 Å². The highest BCUT2D eigenvalue weighted by molar-refractivity contribution is 7.85. The average Bonchev–Trinajstić information content (AvgIpc) is 2.15. The van der Waals surface area contributed by atoms with Gasteiger partial charge in [-0.25, -0.2) is 0 Å². The quantitative estimate of drug-likeness (QED) is 0.625. The van der Waals surface area contributed by atoms with Gasteiger partial charge >= 0.3 is 0 Å². The van der Waals surface area contributed by atoms with Gasteiger partial charge in [0.1, 0.15) is 0 Å². The maximum Gasteiger partial charge on any atom is 0.0581 e. The molecule has 0 aromatic heterocycles. The minimum absolute atomic E-state index is 0.0868. The summed E-state index contributed by atoms with van der Waals surface area (Å²) in [5.41, 5.74) is 5.41. The molecule has 2 N–H and O–H groups in total. The molecular weight excluding hydrogens is 198 g/mol. The third-order valence-corrected chi connectivity index (χ3v) is 3.71. The average molecular weight is 221 g/mol. The van der Waals surface area contributed by atoms with Gasteiger partial charge in [0.05, 0.1) is 6.61 Å². The summed E-state index contributed by atoms with van der Waals surface area (Å²) in [6.45, 7) is 8.08. The summed E-state index contributed by atoms with van der Waals surface area (Å²) in [6, 6.07) is 0. The van der Waals surface area contributed by atoms with Crippen molar-refractivity contribution in [2.75, 3.05) is 25.5 Å². The normalized spacial score (nSPS) is 15.8. The van der Waals surface area contributed by atoms with Crippen molar-refractivity contribution >= 4 is 10.8 Å². The van der Waals surface area contributed by atoms with Crippen molar-refractivity contribution in [3.8, 4) is 0 Å². The topological polar surface area (TPSA) is 52.3 Å². The molecule has 4 heteroatoms.